The monoisotopic (exact) mass is 475 g/mol. The normalized spacial score (nSPS) is 14.8. The van der Waals surface area contributed by atoms with Crippen molar-refractivity contribution in [1.29, 1.82) is 0 Å². The van der Waals surface area contributed by atoms with E-state index in [0.29, 0.717) is 11.6 Å². The van der Waals surface area contributed by atoms with Gasteiger partial charge in [-0.1, -0.05) is 35.1 Å². The molecule has 8 heteroatoms. The van der Waals surface area contributed by atoms with Crippen LogP contribution >= 0.6 is 34.7 Å². The number of fused-ring (bicyclic) bond motifs is 1. The van der Waals surface area contributed by atoms with Crippen molar-refractivity contribution in [1.82, 2.24) is 9.88 Å². The van der Waals surface area contributed by atoms with Crippen molar-refractivity contribution in [3.8, 4) is 0 Å². The summed E-state index contributed by atoms with van der Waals surface area (Å²) in [5.74, 6) is -0.00488. The van der Waals surface area contributed by atoms with E-state index < -0.39 is 0 Å². The van der Waals surface area contributed by atoms with Crippen molar-refractivity contribution in [2.75, 3.05) is 50.5 Å². The number of benzene rings is 2. The molecule has 2 heterocycles. The summed E-state index contributed by atoms with van der Waals surface area (Å²) >= 11 is 9.44. The fraction of sp³-hybridized carbons (Fsp3) is 0.391. The molecule has 2 aromatic carbocycles. The van der Waals surface area contributed by atoms with E-state index in [-0.39, 0.29) is 5.91 Å². The Balaban J connectivity index is 1.63. The molecule has 3 aromatic rings. The van der Waals surface area contributed by atoms with Crippen molar-refractivity contribution >= 4 is 56.0 Å². The maximum Gasteiger partial charge on any atom is 0.261 e. The Kier molecular flexibility index (Phi) is 7.51. The van der Waals surface area contributed by atoms with Gasteiger partial charge in [-0.3, -0.25) is 14.6 Å². The van der Waals surface area contributed by atoms with E-state index in [4.69, 9.17) is 21.3 Å². The first-order valence-electron chi connectivity index (χ1n) is 10.4. The van der Waals surface area contributed by atoms with E-state index in [1.54, 1.807) is 23.1 Å². The Morgan fingerprint density at radius 1 is 1.26 bits per heavy atom. The number of hydrogen-bond acceptors (Lipinski definition) is 6. The molecule has 0 atom stereocenters. The van der Waals surface area contributed by atoms with E-state index >= 15 is 0 Å². The van der Waals surface area contributed by atoms with E-state index in [9.17, 15) is 4.79 Å². The summed E-state index contributed by atoms with van der Waals surface area (Å²) in [5, 5.41) is 1.42. The maximum absolute atomic E-state index is 13.7. The van der Waals surface area contributed by atoms with Crippen LogP contribution < -0.4 is 4.90 Å². The average molecular weight is 476 g/mol. The van der Waals surface area contributed by atoms with Gasteiger partial charge < -0.3 is 4.74 Å². The van der Waals surface area contributed by atoms with E-state index in [1.807, 2.05) is 54.5 Å². The number of rotatable bonds is 7. The van der Waals surface area contributed by atoms with Crippen molar-refractivity contribution < 1.29 is 9.53 Å². The predicted molar refractivity (Wildman–Crippen MR) is 131 cm³/mol. The molecule has 4 rings (SSSR count). The molecule has 1 saturated heterocycles. The van der Waals surface area contributed by atoms with Gasteiger partial charge in [-0.2, -0.15) is 0 Å². The number of thiazole rings is 1. The Morgan fingerprint density at radius 3 is 2.81 bits per heavy atom. The van der Waals surface area contributed by atoms with Gasteiger partial charge in [0, 0.05) is 36.1 Å². The van der Waals surface area contributed by atoms with Gasteiger partial charge in [0.1, 0.15) is 0 Å². The number of ether oxygens (including phenoxy) is 1. The van der Waals surface area contributed by atoms with Crippen LogP contribution in [0.1, 0.15) is 22.3 Å². The molecule has 0 N–H and O–H groups in total. The number of aryl methyl sites for hydroxylation is 1. The Labute approximate surface area is 196 Å². The van der Waals surface area contributed by atoms with Crippen LogP contribution in [0.25, 0.3) is 10.2 Å². The van der Waals surface area contributed by atoms with Gasteiger partial charge >= 0.3 is 0 Å². The summed E-state index contributed by atoms with van der Waals surface area (Å²) in [4.78, 5) is 23.7. The molecule has 0 aliphatic carbocycles. The number of carbonyl (C=O) groups excluding carboxylic acids is 1. The van der Waals surface area contributed by atoms with Gasteiger partial charge in [0.15, 0.2) is 5.13 Å². The number of thioether (sulfide) groups is 1. The van der Waals surface area contributed by atoms with Crippen LogP contribution in [0.4, 0.5) is 5.13 Å². The standard InChI is InChI=1S/C23H26ClN3O2S2/c1-16-18(24)8-9-20-21(16)25-23(31-20)27(11-5-10-26-12-14-29-15-13-26)22(28)17-6-3-4-7-19(17)30-2/h3-4,6-9H,5,10-15H2,1-2H3. The molecular formula is C23H26ClN3O2S2. The van der Waals surface area contributed by atoms with Crippen molar-refractivity contribution in [2.24, 2.45) is 0 Å². The molecule has 0 spiro atoms. The van der Waals surface area contributed by atoms with E-state index in [1.165, 1.54) is 0 Å². The highest BCUT2D eigenvalue weighted by atomic mass is 35.5. The van der Waals surface area contributed by atoms with Gasteiger partial charge in [0.05, 0.1) is 29.0 Å². The lowest BCUT2D eigenvalue weighted by molar-refractivity contribution is 0.0376. The maximum atomic E-state index is 13.7. The van der Waals surface area contributed by atoms with Crippen LogP contribution in [-0.4, -0.2) is 61.4 Å². The zero-order valence-corrected chi connectivity index (χ0v) is 20.2. The lowest BCUT2D eigenvalue weighted by Crippen LogP contribution is -2.39. The number of morpholine rings is 1. The molecule has 0 radical (unpaired) electrons. The van der Waals surface area contributed by atoms with Crippen molar-refractivity contribution in [3.63, 3.8) is 0 Å². The summed E-state index contributed by atoms with van der Waals surface area (Å²) in [5.41, 5.74) is 2.54. The van der Waals surface area contributed by atoms with Crippen molar-refractivity contribution in [3.05, 3.63) is 52.5 Å². The highest BCUT2D eigenvalue weighted by Gasteiger charge is 2.24. The summed E-state index contributed by atoms with van der Waals surface area (Å²) < 4.78 is 6.49. The first-order valence-corrected chi connectivity index (χ1v) is 12.8. The Hall–Kier alpha value is -1.64. The fourth-order valence-corrected chi connectivity index (χ4v) is 5.52. The second-order valence-electron chi connectivity index (χ2n) is 7.48. The van der Waals surface area contributed by atoms with Gasteiger partial charge in [0.2, 0.25) is 0 Å². The lowest BCUT2D eigenvalue weighted by Gasteiger charge is -2.28. The minimum absolute atomic E-state index is 0.00488. The quantitative estimate of drug-likeness (QED) is 0.431. The number of nitrogens with zero attached hydrogens (tertiary/aromatic N) is 3. The van der Waals surface area contributed by atoms with Gasteiger partial charge in [-0.15, -0.1) is 11.8 Å². The topological polar surface area (TPSA) is 45.7 Å². The second-order valence-corrected chi connectivity index (χ2v) is 9.74. The molecule has 1 aliphatic heterocycles. The molecule has 1 aliphatic rings. The third-order valence-corrected chi connectivity index (χ3v) is 7.76. The number of aromatic nitrogens is 1. The number of carbonyl (C=O) groups is 1. The molecular weight excluding hydrogens is 450 g/mol. The first kappa shape index (κ1) is 22.6. The van der Waals surface area contributed by atoms with E-state index in [0.717, 1.165) is 70.6 Å². The number of hydrogen-bond donors (Lipinski definition) is 0. The summed E-state index contributed by atoms with van der Waals surface area (Å²) in [7, 11) is 0. The zero-order chi connectivity index (χ0) is 21.8. The van der Waals surface area contributed by atoms with Crippen LogP contribution in [0.15, 0.2) is 41.3 Å². The summed E-state index contributed by atoms with van der Waals surface area (Å²) in [6.07, 6.45) is 2.88. The number of halogens is 1. The molecule has 0 saturated carbocycles. The Bertz CT molecular complexity index is 1070. The van der Waals surface area contributed by atoms with Crippen LogP contribution in [0, 0.1) is 6.92 Å². The van der Waals surface area contributed by atoms with Crippen LogP contribution in [-0.2, 0) is 4.74 Å². The van der Waals surface area contributed by atoms with Gasteiger partial charge in [-0.05, 0) is 49.4 Å². The molecule has 1 fully saturated rings. The highest BCUT2D eigenvalue weighted by Crippen LogP contribution is 2.35. The highest BCUT2D eigenvalue weighted by molar-refractivity contribution is 7.98. The minimum Gasteiger partial charge on any atom is -0.379 e. The minimum atomic E-state index is -0.00488. The average Bonchev–Trinajstić information content (AvgIpc) is 3.24. The van der Waals surface area contributed by atoms with Crippen LogP contribution in [0.2, 0.25) is 5.02 Å². The second kappa shape index (κ2) is 10.3. The van der Waals surface area contributed by atoms with Gasteiger partial charge in [0.25, 0.3) is 5.91 Å². The number of amides is 1. The lowest BCUT2D eigenvalue weighted by atomic mass is 10.2. The fourth-order valence-electron chi connectivity index (χ4n) is 3.73. The third kappa shape index (κ3) is 5.07. The SMILES string of the molecule is CSc1ccccc1C(=O)N(CCCN1CCOCC1)c1nc2c(C)c(Cl)ccc2s1. The summed E-state index contributed by atoms with van der Waals surface area (Å²) in [6.45, 7) is 6.98. The molecule has 1 aromatic heterocycles. The molecule has 0 unspecified atom stereocenters. The first-order chi connectivity index (χ1) is 15.1. The largest absolute Gasteiger partial charge is 0.379 e. The zero-order valence-electron chi connectivity index (χ0n) is 17.8. The molecule has 1 amide bonds. The molecule has 0 bridgehead atoms. The molecule has 164 valence electrons. The Morgan fingerprint density at radius 2 is 2.03 bits per heavy atom. The van der Waals surface area contributed by atoms with Gasteiger partial charge in [-0.25, -0.2) is 4.98 Å². The van der Waals surface area contributed by atoms with Crippen LogP contribution in [0.3, 0.4) is 0 Å². The summed E-state index contributed by atoms with van der Waals surface area (Å²) in [6, 6.07) is 11.7. The van der Waals surface area contributed by atoms with E-state index in [2.05, 4.69) is 4.90 Å². The number of anilines is 1. The third-order valence-electron chi connectivity index (χ3n) is 5.51. The molecule has 5 nitrogen and oxygen atoms in total. The van der Waals surface area contributed by atoms with Crippen molar-refractivity contribution in [2.45, 2.75) is 18.2 Å². The van der Waals surface area contributed by atoms with Crippen LogP contribution in [0.5, 0.6) is 0 Å². The molecule has 31 heavy (non-hydrogen) atoms. The smallest absolute Gasteiger partial charge is 0.261 e. The predicted octanol–water partition coefficient (Wildman–Crippen LogP) is 5.35.